The molecule has 96 valence electrons. The minimum Gasteiger partial charge on any atom is -0.478 e. The number of carbonyl (C=O) groups is 3. The molecule has 2 amide bonds. The Morgan fingerprint density at radius 3 is 2.12 bits per heavy atom. The van der Waals surface area contributed by atoms with E-state index < -0.39 is 17.9 Å². The molecule has 0 spiro atoms. The van der Waals surface area contributed by atoms with Crippen LogP contribution in [0.25, 0.3) is 0 Å². The minimum atomic E-state index is -1.15. The summed E-state index contributed by atoms with van der Waals surface area (Å²) in [4.78, 5) is 33.6. The Balaban J connectivity index is 4.61. The zero-order chi connectivity index (χ0) is 13.6. The molecule has 0 aromatic heterocycles. The van der Waals surface area contributed by atoms with Crippen LogP contribution in [0.2, 0.25) is 0 Å². The third-order valence-electron chi connectivity index (χ3n) is 2.32. The van der Waals surface area contributed by atoms with Crippen LogP contribution in [0.1, 0.15) is 27.7 Å². The van der Waals surface area contributed by atoms with Crippen molar-refractivity contribution in [2.75, 3.05) is 6.54 Å². The van der Waals surface area contributed by atoms with Crippen LogP contribution in [0.4, 0.5) is 0 Å². The van der Waals surface area contributed by atoms with E-state index in [4.69, 9.17) is 5.11 Å². The SMILES string of the molecule is CCNC(=O)C(C)NC(=O)C(C)=C(C)C(=O)O. The maximum atomic E-state index is 11.6. The topological polar surface area (TPSA) is 95.5 Å². The summed E-state index contributed by atoms with van der Waals surface area (Å²) in [5, 5.41) is 13.7. The van der Waals surface area contributed by atoms with Crippen molar-refractivity contribution in [1.29, 1.82) is 0 Å². The first-order chi connectivity index (χ1) is 7.81. The van der Waals surface area contributed by atoms with Crippen molar-refractivity contribution in [3.63, 3.8) is 0 Å². The van der Waals surface area contributed by atoms with Crippen molar-refractivity contribution in [1.82, 2.24) is 10.6 Å². The Morgan fingerprint density at radius 1 is 1.18 bits per heavy atom. The number of amides is 2. The second-order valence-electron chi connectivity index (χ2n) is 3.64. The standard InChI is InChI=1S/C11H18N2O4/c1-5-12-10(15)8(4)13-9(14)6(2)7(3)11(16)17/h8H,5H2,1-4H3,(H,12,15)(H,13,14)(H,16,17). The summed E-state index contributed by atoms with van der Waals surface area (Å²) in [6, 6.07) is -0.695. The fraction of sp³-hybridized carbons (Fsp3) is 0.545. The van der Waals surface area contributed by atoms with Gasteiger partial charge in [-0.3, -0.25) is 9.59 Å². The zero-order valence-electron chi connectivity index (χ0n) is 10.5. The Hall–Kier alpha value is -1.85. The van der Waals surface area contributed by atoms with Crippen LogP contribution in [-0.4, -0.2) is 35.5 Å². The predicted molar refractivity (Wildman–Crippen MR) is 62.3 cm³/mol. The monoisotopic (exact) mass is 242 g/mol. The molecule has 0 aliphatic heterocycles. The summed E-state index contributed by atoms with van der Waals surface area (Å²) in [5.74, 6) is -2.01. The van der Waals surface area contributed by atoms with Crippen LogP contribution in [0, 0.1) is 0 Å². The Labute approximate surface area is 100 Å². The summed E-state index contributed by atoms with van der Waals surface area (Å²) < 4.78 is 0. The van der Waals surface area contributed by atoms with Gasteiger partial charge in [0.05, 0.1) is 0 Å². The number of hydrogen-bond donors (Lipinski definition) is 3. The van der Waals surface area contributed by atoms with Gasteiger partial charge in [-0.1, -0.05) is 0 Å². The molecule has 6 heteroatoms. The number of carbonyl (C=O) groups excluding carboxylic acids is 2. The highest BCUT2D eigenvalue weighted by Crippen LogP contribution is 2.03. The van der Waals surface area contributed by atoms with Crippen molar-refractivity contribution < 1.29 is 19.5 Å². The van der Waals surface area contributed by atoms with Gasteiger partial charge in [0.2, 0.25) is 11.8 Å². The number of hydrogen-bond acceptors (Lipinski definition) is 3. The summed E-state index contributed by atoms with van der Waals surface area (Å²) >= 11 is 0. The van der Waals surface area contributed by atoms with E-state index >= 15 is 0 Å². The normalized spacial score (nSPS) is 13.4. The van der Waals surface area contributed by atoms with Crippen LogP contribution < -0.4 is 10.6 Å². The molecule has 0 saturated carbocycles. The summed E-state index contributed by atoms with van der Waals surface area (Å²) in [6.45, 7) is 6.53. The number of carboxylic acids is 1. The lowest BCUT2D eigenvalue weighted by Gasteiger charge is -2.14. The van der Waals surface area contributed by atoms with Gasteiger partial charge in [0.1, 0.15) is 6.04 Å². The second kappa shape index (κ2) is 6.67. The van der Waals surface area contributed by atoms with Crippen LogP contribution >= 0.6 is 0 Å². The van der Waals surface area contributed by atoms with Crippen molar-refractivity contribution in [2.45, 2.75) is 33.7 Å². The molecule has 0 radical (unpaired) electrons. The summed E-state index contributed by atoms with van der Waals surface area (Å²) in [5.41, 5.74) is 0.0549. The largest absolute Gasteiger partial charge is 0.478 e. The van der Waals surface area contributed by atoms with E-state index in [-0.39, 0.29) is 17.1 Å². The van der Waals surface area contributed by atoms with E-state index in [1.54, 1.807) is 6.92 Å². The van der Waals surface area contributed by atoms with Gasteiger partial charge in [-0.05, 0) is 27.7 Å². The molecule has 0 aliphatic carbocycles. The second-order valence-corrected chi connectivity index (χ2v) is 3.64. The molecular formula is C11H18N2O4. The number of nitrogens with one attached hydrogen (secondary N) is 2. The number of rotatable bonds is 5. The highest BCUT2D eigenvalue weighted by Gasteiger charge is 2.18. The van der Waals surface area contributed by atoms with Gasteiger partial charge < -0.3 is 15.7 Å². The van der Waals surface area contributed by atoms with Crippen LogP contribution in [0.15, 0.2) is 11.1 Å². The third-order valence-corrected chi connectivity index (χ3v) is 2.32. The first kappa shape index (κ1) is 15.2. The van der Waals surface area contributed by atoms with Crippen LogP contribution in [-0.2, 0) is 14.4 Å². The van der Waals surface area contributed by atoms with E-state index in [1.165, 1.54) is 20.8 Å². The van der Waals surface area contributed by atoms with Crippen molar-refractivity contribution in [2.24, 2.45) is 0 Å². The third kappa shape index (κ3) is 4.67. The van der Waals surface area contributed by atoms with E-state index in [1.807, 2.05) is 0 Å². The molecule has 6 nitrogen and oxygen atoms in total. The zero-order valence-corrected chi connectivity index (χ0v) is 10.5. The fourth-order valence-electron chi connectivity index (χ4n) is 1.03. The molecule has 3 N–H and O–H groups in total. The van der Waals surface area contributed by atoms with Gasteiger partial charge in [0.15, 0.2) is 0 Å². The molecule has 0 aliphatic rings. The minimum absolute atomic E-state index is 0.0365. The molecule has 0 aromatic carbocycles. The molecule has 0 rings (SSSR count). The number of aliphatic carboxylic acids is 1. The number of likely N-dealkylation sites (N-methyl/N-ethyl adjacent to an activating group) is 1. The first-order valence-corrected chi connectivity index (χ1v) is 5.30. The Kier molecular flexibility index (Phi) is 5.95. The van der Waals surface area contributed by atoms with Crippen molar-refractivity contribution in [3.8, 4) is 0 Å². The first-order valence-electron chi connectivity index (χ1n) is 5.30. The highest BCUT2D eigenvalue weighted by molar-refractivity contribution is 6.02. The Morgan fingerprint density at radius 2 is 1.71 bits per heavy atom. The maximum Gasteiger partial charge on any atom is 0.331 e. The molecule has 17 heavy (non-hydrogen) atoms. The average molecular weight is 242 g/mol. The molecule has 0 saturated heterocycles. The highest BCUT2D eigenvalue weighted by atomic mass is 16.4. The van der Waals surface area contributed by atoms with Crippen molar-refractivity contribution in [3.05, 3.63) is 11.1 Å². The lowest BCUT2D eigenvalue weighted by molar-refractivity contribution is -0.133. The fourth-order valence-corrected chi connectivity index (χ4v) is 1.03. The Bertz CT molecular complexity index is 360. The van der Waals surface area contributed by atoms with Gasteiger partial charge in [0, 0.05) is 17.7 Å². The lowest BCUT2D eigenvalue weighted by Crippen LogP contribution is -2.45. The molecular weight excluding hydrogens is 224 g/mol. The van der Waals surface area contributed by atoms with Crippen molar-refractivity contribution >= 4 is 17.8 Å². The summed E-state index contributed by atoms with van der Waals surface area (Å²) in [7, 11) is 0. The van der Waals surface area contributed by atoms with E-state index in [2.05, 4.69) is 10.6 Å². The molecule has 0 aromatic rings. The smallest absolute Gasteiger partial charge is 0.331 e. The molecule has 0 bridgehead atoms. The van der Waals surface area contributed by atoms with Gasteiger partial charge >= 0.3 is 5.97 Å². The van der Waals surface area contributed by atoms with E-state index in [0.29, 0.717) is 6.54 Å². The van der Waals surface area contributed by atoms with Crippen LogP contribution in [0.5, 0.6) is 0 Å². The van der Waals surface area contributed by atoms with Gasteiger partial charge in [0.25, 0.3) is 0 Å². The van der Waals surface area contributed by atoms with E-state index in [0.717, 1.165) is 0 Å². The average Bonchev–Trinajstić information content (AvgIpc) is 2.26. The molecule has 1 unspecified atom stereocenters. The van der Waals surface area contributed by atoms with Gasteiger partial charge in [-0.25, -0.2) is 4.79 Å². The van der Waals surface area contributed by atoms with E-state index in [9.17, 15) is 14.4 Å². The lowest BCUT2D eigenvalue weighted by atomic mass is 10.1. The molecule has 0 fully saturated rings. The van der Waals surface area contributed by atoms with Gasteiger partial charge in [-0.2, -0.15) is 0 Å². The summed E-state index contributed by atoms with van der Waals surface area (Å²) in [6.07, 6.45) is 0. The maximum absolute atomic E-state index is 11.6. The predicted octanol–water partition coefficient (Wildman–Crippen LogP) is 0.0482. The quantitative estimate of drug-likeness (QED) is 0.593. The molecule has 1 atom stereocenters. The molecule has 0 heterocycles. The van der Waals surface area contributed by atoms with Crippen LogP contribution in [0.3, 0.4) is 0 Å². The number of carboxylic acid groups (broad SMARTS) is 1. The van der Waals surface area contributed by atoms with Gasteiger partial charge in [-0.15, -0.1) is 0 Å².